The standard InChI is InChI=1S/C11H21N3O2S/c1-4-5-12-10(9-17(3,15)16)8-11-13-6-7-14(11)2/h6-7,10,12H,4-5,8-9H2,1-3H3. The summed E-state index contributed by atoms with van der Waals surface area (Å²) in [7, 11) is -1.05. The maximum Gasteiger partial charge on any atom is 0.148 e. The van der Waals surface area contributed by atoms with Crippen molar-refractivity contribution in [3.05, 3.63) is 18.2 Å². The van der Waals surface area contributed by atoms with Gasteiger partial charge in [-0.1, -0.05) is 6.92 Å². The molecule has 1 heterocycles. The van der Waals surface area contributed by atoms with Gasteiger partial charge in [-0.3, -0.25) is 0 Å². The molecule has 1 aromatic heterocycles. The topological polar surface area (TPSA) is 64.0 Å². The summed E-state index contributed by atoms with van der Waals surface area (Å²) in [5, 5.41) is 3.26. The van der Waals surface area contributed by atoms with E-state index >= 15 is 0 Å². The number of nitrogens with zero attached hydrogens (tertiary/aromatic N) is 2. The van der Waals surface area contributed by atoms with Crippen molar-refractivity contribution in [2.24, 2.45) is 7.05 Å². The molecule has 17 heavy (non-hydrogen) atoms. The molecule has 0 aliphatic heterocycles. The second kappa shape index (κ2) is 6.16. The molecule has 0 saturated carbocycles. The molecule has 0 aliphatic carbocycles. The Balaban J connectivity index is 2.66. The summed E-state index contributed by atoms with van der Waals surface area (Å²) < 4.78 is 24.6. The average molecular weight is 259 g/mol. The van der Waals surface area contributed by atoms with Crippen molar-refractivity contribution >= 4 is 9.84 Å². The average Bonchev–Trinajstić information content (AvgIpc) is 2.59. The van der Waals surface area contributed by atoms with Gasteiger partial charge in [0, 0.05) is 38.2 Å². The van der Waals surface area contributed by atoms with Crippen LogP contribution in [0.5, 0.6) is 0 Å². The van der Waals surface area contributed by atoms with Crippen LogP contribution in [0.2, 0.25) is 0 Å². The van der Waals surface area contributed by atoms with Crippen LogP contribution in [-0.4, -0.2) is 42.6 Å². The molecule has 1 N–H and O–H groups in total. The van der Waals surface area contributed by atoms with Crippen molar-refractivity contribution in [1.82, 2.24) is 14.9 Å². The van der Waals surface area contributed by atoms with Gasteiger partial charge >= 0.3 is 0 Å². The zero-order chi connectivity index (χ0) is 12.9. The smallest absolute Gasteiger partial charge is 0.148 e. The van der Waals surface area contributed by atoms with E-state index in [1.807, 2.05) is 17.8 Å². The lowest BCUT2D eigenvalue weighted by molar-refractivity contribution is 0.516. The van der Waals surface area contributed by atoms with Gasteiger partial charge in [-0.2, -0.15) is 0 Å². The van der Waals surface area contributed by atoms with E-state index in [0.717, 1.165) is 18.8 Å². The highest BCUT2D eigenvalue weighted by atomic mass is 32.2. The zero-order valence-corrected chi connectivity index (χ0v) is 11.5. The fourth-order valence-corrected chi connectivity index (χ4v) is 2.68. The van der Waals surface area contributed by atoms with Crippen LogP contribution < -0.4 is 5.32 Å². The molecule has 6 heteroatoms. The van der Waals surface area contributed by atoms with E-state index in [1.165, 1.54) is 6.26 Å². The Morgan fingerprint density at radius 3 is 2.71 bits per heavy atom. The van der Waals surface area contributed by atoms with Gasteiger partial charge in [-0.15, -0.1) is 0 Å². The molecular weight excluding hydrogens is 238 g/mol. The molecule has 0 aliphatic rings. The van der Waals surface area contributed by atoms with Gasteiger partial charge in [0.1, 0.15) is 15.7 Å². The molecule has 1 aromatic rings. The first kappa shape index (κ1) is 14.2. The normalized spacial score (nSPS) is 13.8. The van der Waals surface area contributed by atoms with Crippen LogP contribution in [0.25, 0.3) is 0 Å². The van der Waals surface area contributed by atoms with Gasteiger partial charge in [0.25, 0.3) is 0 Å². The summed E-state index contributed by atoms with van der Waals surface area (Å²) in [5.74, 6) is 1.06. The molecule has 0 aromatic carbocycles. The third-order valence-corrected chi connectivity index (χ3v) is 3.54. The fourth-order valence-electron chi connectivity index (χ4n) is 1.72. The second-order valence-corrected chi connectivity index (χ2v) is 6.59. The van der Waals surface area contributed by atoms with Gasteiger partial charge in [0.15, 0.2) is 0 Å². The lowest BCUT2D eigenvalue weighted by Gasteiger charge is -2.17. The van der Waals surface area contributed by atoms with Gasteiger partial charge in [0.05, 0.1) is 5.75 Å². The van der Waals surface area contributed by atoms with E-state index in [2.05, 4.69) is 17.2 Å². The summed E-state index contributed by atoms with van der Waals surface area (Å²) in [4.78, 5) is 4.22. The first-order valence-corrected chi connectivity index (χ1v) is 7.85. The van der Waals surface area contributed by atoms with Crippen LogP contribution in [0, 0.1) is 0 Å². The monoisotopic (exact) mass is 259 g/mol. The number of rotatable bonds is 7. The lowest BCUT2D eigenvalue weighted by Crippen LogP contribution is -2.38. The van der Waals surface area contributed by atoms with Gasteiger partial charge in [-0.05, 0) is 13.0 Å². The molecule has 98 valence electrons. The molecule has 0 fully saturated rings. The molecular formula is C11H21N3O2S. The molecule has 0 bridgehead atoms. The molecule has 0 saturated heterocycles. The third kappa shape index (κ3) is 5.32. The Bertz CT molecular complexity index is 439. The van der Waals surface area contributed by atoms with Crippen molar-refractivity contribution in [1.29, 1.82) is 0 Å². The fraction of sp³-hybridized carbons (Fsp3) is 0.727. The minimum atomic E-state index is -2.97. The van der Waals surface area contributed by atoms with E-state index in [1.54, 1.807) is 6.20 Å². The van der Waals surface area contributed by atoms with E-state index in [9.17, 15) is 8.42 Å². The van der Waals surface area contributed by atoms with E-state index in [4.69, 9.17) is 0 Å². The van der Waals surface area contributed by atoms with Crippen LogP contribution >= 0.6 is 0 Å². The molecule has 5 nitrogen and oxygen atoms in total. The third-order valence-electron chi connectivity index (χ3n) is 2.54. The minimum Gasteiger partial charge on any atom is -0.338 e. The highest BCUT2D eigenvalue weighted by Gasteiger charge is 2.16. The highest BCUT2D eigenvalue weighted by molar-refractivity contribution is 7.90. The first-order valence-electron chi connectivity index (χ1n) is 5.79. The van der Waals surface area contributed by atoms with Crippen LogP contribution in [0.1, 0.15) is 19.2 Å². The van der Waals surface area contributed by atoms with Crippen LogP contribution in [0.4, 0.5) is 0 Å². The minimum absolute atomic E-state index is 0.0638. The Hall–Kier alpha value is -0.880. The first-order chi connectivity index (χ1) is 7.92. The predicted molar refractivity (Wildman–Crippen MR) is 68.7 cm³/mol. The van der Waals surface area contributed by atoms with Crippen molar-refractivity contribution in [2.45, 2.75) is 25.8 Å². The largest absolute Gasteiger partial charge is 0.338 e. The zero-order valence-electron chi connectivity index (χ0n) is 10.7. The molecule has 0 amide bonds. The number of imidazole rings is 1. The van der Waals surface area contributed by atoms with Crippen LogP contribution in [0.3, 0.4) is 0 Å². The van der Waals surface area contributed by atoms with Gasteiger partial charge in [0.2, 0.25) is 0 Å². The van der Waals surface area contributed by atoms with E-state index < -0.39 is 9.84 Å². The number of aryl methyl sites for hydroxylation is 1. The number of sulfone groups is 1. The maximum absolute atomic E-state index is 11.4. The van der Waals surface area contributed by atoms with Crippen molar-refractivity contribution in [3.63, 3.8) is 0 Å². The van der Waals surface area contributed by atoms with E-state index in [-0.39, 0.29) is 11.8 Å². The Morgan fingerprint density at radius 2 is 2.24 bits per heavy atom. The molecule has 0 radical (unpaired) electrons. The van der Waals surface area contributed by atoms with Gasteiger partial charge < -0.3 is 9.88 Å². The van der Waals surface area contributed by atoms with Crippen molar-refractivity contribution < 1.29 is 8.42 Å². The summed E-state index contributed by atoms with van der Waals surface area (Å²) in [6.45, 7) is 2.88. The Morgan fingerprint density at radius 1 is 1.53 bits per heavy atom. The molecule has 1 unspecified atom stereocenters. The second-order valence-electron chi connectivity index (χ2n) is 4.40. The summed E-state index contributed by atoms with van der Waals surface area (Å²) in [6, 6.07) is -0.0638. The molecule has 0 spiro atoms. The summed E-state index contributed by atoms with van der Waals surface area (Å²) in [6.07, 6.45) is 6.49. The van der Waals surface area contributed by atoms with Crippen molar-refractivity contribution in [3.8, 4) is 0 Å². The quantitative estimate of drug-likeness (QED) is 0.768. The number of nitrogens with one attached hydrogen (secondary N) is 1. The maximum atomic E-state index is 11.4. The molecule has 1 rings (SSSR count). The summed E-state index contributed by atoms with van der Waals surface area (Å²) in [5.41, 5.74) is 0. The number of hydrogen-bond acceptors (Lipinski definition) is 4. The Kier molecular flexibility index (Phi) is 5.14. The van der Waals surface area contributed by atoms with Crippen LogP contribution in [-0.2, 0) is 23.3 Å². The van der Waals surface area contributed by atoms with Crippen LogP contribution in [0.15, 0.2) is 12.4 Å². The predicted octanol–water partition coefficient (Wildman–Crippen LogP) is 0.375. The number of hydrogen-bond donors (Lipinski definition) is 1. The van der Waals surface area contributed by atoms with Gasteiger partial charge in [-0.25, -0.2) is 13.4 Å². The molecule has 1 atom stereocenters. The van der Waals surface area contributed by atoms with Crippen molar-refractivity contribution in [2.75, 3.05) is 18.6 Å². The SMILES string of the molecule is CCCNC(Cc1nccn1C)CS(C)(=O)=O. The van der Waals surface area contributed by atoms with E-state index in [0.29, 0.717) is 6.42 Å². The Labute approximate surface area is 103 Å². The highest BCUT2D eigenvalue weighted by Crippen LogP contribution is 2.02. The number of aromatic nitrogens is 2. The lowest BCUT2D eigenvalue weighted by atomic mass is 10.2. The summed E-state index contributed by atoms with van der Waals surface area (Å²) >= 11 is 0.